The molecule has 0 saturated carbocycles. The number of carboxylic acids is 1. The molecular formula is C18H29NO4. The van der Waals surface area contributed by atoms with Gasteiger partial charge in [-0.3, -0.25) is 4.79 Å². The van der Waals surface area contributed by atoms with Crippen molar-refractivity contribution >= 4 is 11.9 Å². The van der Waals surface area contributed by atoms with Crippen LogP contribution in [0.2, 0.25) is 0 Å². The molecule has 0 heterocycles. The lowest BCUT2D eigenvalue weighted by Gasteiger charge is -2.43. The van der Waals surface area contributed by atoms with Gasteiger partial charge in [0.15, 0.2) is 0 Å². The van der Waals surface area contributed by atoms with E-state index in [-0.39, 0.29) is 11.4 Å². The zero-order chi connectivity index (χ0) is 17.2. The van der Waals surface area contributed by atoms with Crippen molar-refractivity contribution in [2.45, 2.75) is 46.0 Å². The first-order valence-corrected chi connectivity index (χ1v) is 8.60. The molecular weight excluding hydrogens is 294 g/mol. The van der Waals surface area contributed by atoms with Crippen molar-refractivity contribution in [2.75, 3.05) is 27.2 Å². The van der Waals surface area contributed by atoms with Crippen LogP contribution >= 0.6 is 0 Å². The van der Waals surface area contributed by atoms with Gasteiger partial charge < -0.3 is 19.5 Å². The van der Waals surface area contributed by atoms with Crippen LogP contribution in [0.15, 0.2) is 11.1 Å². The summed E-state index contributed by atoms with van der Waals surface area (Å²) in [6.07, 6.45) is 4.11. The minimum Gasteiger partial charge on any atom is -0.550 e. The normalized spacial score (nSPS) is 26.8. The first kappa shape index (κ1) is 18.0. The lowest BCUT2D eigenvalue weighted by Crippen LogP contribution is -3.06. The smallest absolute Gasteiger partial charge is 0.310 e. The largest absolute Gasteiger partial charge is 0.550 e. The molecule has 0 fully saturated rings. The molecule has 5 nitrogen and oxygen atoms in total. The van der Waals surface area contributed by atoms with E-state index >= 15 is 0 Å². The maximum Gasteiger partial charge on any atom is 0.310 e. The highest BCUT2D eigenvalue weighted by molar-refractivity contribution is 5.81. The van der Waals surface area contributed by atoms with E-state index in [0.29, 0.717) is 19.4 Å². The van der Waals surface area contributed by atoms with E-state index in [2.05, 4.69) is 13.8 Å². The highest BCUT2D eigenvalue weighted by atomic mass is 16.5. The first-order valence-electron chi connectivity index (χ1n) is 8.60. The number of quaternary nitrogens is 1. The van der Waals surface area contributed by atoms with Crippen LogP contribution in [0.1, 0.15) is 46.0 Å². The lowest BCUT2D eigenvalue weighted by molar-refractivity contribution is -0.858. The maximum absolute atomic E-state index is 12.4. The number of likely N-dealkylation sites (N-methyl/N-ethyl adjacent to an activating group) is 1. The number of hydrogen-bond acceptors (Lipinski definition) is 4. The molecule has 0 aromatic rings. The Morgan fingerprint density at radius 3 is 2.57 bits per heavy atom. The summed E-state index contributed by atoms with van der Waals surface area (Å²) in [5.74, 6) is -2.86. The quantitative estimate of drug-likeness (QED) is 0.569. The second-order valence-electron chi connectivity index (χ2n) is 7.88. The molecule has 5 heteroatoms. The molecule has 23 heavy (non-hydrogen) atoms. The van der Waals surface area contributed by atoms with E-state index in [1.807, 2.05) is 14.1 Å². The average molecular weight is 323 g/mol. The molecule has 0 saturated heterocycles. The Balaban J connectivity index is 2.14. The van der Waals surface area contributed by atoms with Crippen molar-refractivity contribution in [1.29, 1.82) is 0 Å². The Bertz CT molecular complexity index is 507. The number of carbonyl (C=O) groups is 2. The fourth-order valence-corrected chi connectivity index (χ4v) is 3.90. The van der Waals surface area contributed by atoms with Crippen LogP contribution in [0.3, 0.4) is 0 Å². The van der Waals surface area contributed by atoms with Crippen LogP contribution in [0, 0.1) is 17.3 Å². The van der Waals surface area contributed by atoms with Gasteiger partial charge in [-0.05, 0) is 37.5 Å². The van der Waals surface area contributed by atoms with E-state index in [1.165, 1.54) is 16.0 Å². The number of carbonyl (C=O) groups excluding carboxylic acids is 2. The predicted molar refractivity (Wildman–Crippen MR) is 84.5 cm³/mol. The number of carboxylic acid groups (broad SMARTS) is 1. The van der Waals surface area contributed by atoms with Crippen LogP contribution in [-0.2, 0) is 14.3 Å². The third-order valence-corrected chi connectivity index (χ3v) is 5.35. The van der Waals surface area contributed by atoms with Crippen molar-refractivity contribution in [1.82, 2.24) is 0 Å². The molecule has 2 aliphatic carbocycles. The third-order valence-electron chi connectivity index (χ3n) is 5.35. The third kappa shape index (κ3) is 4.14. The van der Waals surface area contributed by atoms with Gasteiger partial charge in [0, 0.05) is 11.9 Å². The molecule has 0 unspecified atom stereocenters. The summed E-state index contributed by atoms with van der Waals surface area (Å²) in [4.78, 5) is 25.2. The zero-order valence-electron chi connectivity index (χ0n) is 14.7. The Hall–Kier alpha value is -1.36. The standard InChI is InChI=1S/C18H29NO4/c1-18(2)7-5-6-12-10-14(13(16(20)21)11-15(12)18)17(22)23-9-8-19(3)4/h13-14H,5-11H2,1-4H3,(H,20,21)/t13-,14+/m0/s1. The highest BCUT2D eigenvalue weighted by Gasteiger charge is 2.41. The van der Waals surface area contributed by atoms with Crippen LogP contribution in [0.4, 0.5) is 0 Å². The summed E-state index contributed by atoms with van der Waals surface area (Å²) in [5.41, 5.74) is 2.54. The zero-order valence-corrected chi connectivity index (χ0v) is 14.7. The van der Waals surface area contributed by atoms with E-state index in [0.717, 1.165) is 25.8 Å². The van der Waals surface area contributed by atoms with Gasteiger partial charge in [0.25, 0.3) is 0 Å². The molecule has 0 bridgehead atoms. The van der Waals surface area contributed by atoms with E-state index in [1.54, 1.807) is 0 Å². The van der Waals surface area contributed by atoms with Crippen molar-refractivity contribution in [3.8, 4) is 0 Å². The molecule has 0 aromatic heterocycles. The number of nitrogens with one attached hydrogen (secondary N) is 1. The molecule has 0 amide bonds. The van der Waals surface area contributed by atoms with E-state index in [9.17, 15) is 14.7 Å². The van der Waals surface area contributed by atoms with Gasteiger partial charge in [-0.1, -0.05) is 25.0 Å². The Morgan fingerprint density at radius 2 is 1.96 bits per heavy atom. The van der Waals surface area contributed by atoms with E-state index < -0.39 is 17.8 Å². The fraction of sp³-hybridized carbons (Fsp3) is 0.778. The molecule has 0 aromatic carbocycles. The minimum absolute atomic E-state index is 0.0322. The van der Waals surface area contributed by atoms with Gasteiger partial charge in [-0.25, -0.2) is 0 Å². The van der Waals surface area contributed by atoms with Gasteiger partial charge in [0.05, 0.1) is 20.0 Å². The summed E-state index contributed by atoms with van der Waals surface area (Å²) < 4.78 is 5.33. The lowest BCUT2D eigenvalue weighted by atomic mass is 9.63. The van der Waals surface area contributed by atoms with Crippen molar-refractivity contribution in [3.63, 3.8) is 0 Å². The van der Waals surface area contributed by atoms with Crippen LogP contribution < -0.4 is 10.0 Å². The Kier molecular flexibility index (Phi) is 5.50. The van der Waals surface area contributed by atoms with Gasteiger partial charge in [-0.15, -0.1) is 0 Å². The van der Waals surface area contributed by atoms with Gasteiger partial charge in [0.1, 0.15) is 13.2 Å². The Morgan fingerprint density at radius 1 is 1.26 bits per heavy atom. The maximum atomic E-state index is 12.4. The average Bonchev–Trinajstić information content (AvgIpc) is 2.45. The topological polar surface area (TPSA) is 70.9 Å². The molecule has 2 aliphatic rings. The molecule has 1 N–H and O–H groups in total. The summed E-state index contributed by atoms with van der Waals surface area (Å²) in [7, 11) is 3.97. The number of ether oxygens (including phenoxy) is 1. The summed E-state index contributed by atoms with van der Waals surface area (Å²) >= 11 is 0. The predicted octanol–water partition coefficient (Wildman–Crippen LogP) is -0.0431. The van der Waals surface area contributed by atoms with Gasteiger partial charge >= 0.3 is 5.97 Å². The van der Waals surface area contributed by atoms with Crippen molar-refractivity contribution < 1.29 is 24.3 Å². The van der Waals surface area contributed by atoms with Crippen LogP contribution in [0.25, 0.3) is 0 Å². The summed E-state index contributed by atoms with van der Waals surface area (Å²) in [6, 6.07) is 0. The first-order chi connectivity index (χ1) is 10.7. The Labute approximate surface area is 138 Å². The summed E-state index contributed by atoms with van der Waals surface area (Å²) in [5, 5.41) is 11.6. The minimum atomic E-state index is -1.13. The number of esters is 1. The molecule has 0 aliphatic heterocycles. The van der Waals surface area contributed by atoms with E-state index in [4.69, 9.17) is 4.74 Å². The summed E-state index contributed by atoms with van der Waals surface area (Å²) in [6.45, 7) is 5.39. The molecule has 2 rings (SSSR count). The highest BCUT2D eigenvalue weighted by Crippen LogP contribution is 2.49. The van der Waals surface area contributed by atoms with Crippen LogP contribution in [0.5, 0.6) is 0 Å². The number of hydrogen-bond donors (Lipinski definition) is 1. The van der Waals surface area contributed by atoms with Crippen molar-refractivity contribution in [3.05, 3.63) is 11.1 Å². The fourth-order valence-electron chi connectivity index (χ4n) is 3.90. The number of rotatable bonds is 5. The number of aliphatic carboxylic acids is 1. The second kappa shape index (κ2) is 7.04. The number of allylic oxidation sites excluding steroid dienone is 2. The molecule has 130 valence electrons. The molecule has 0 radical (unpaired) electrons. The van der Waals surface area contributed by atoms with Crippen LogP contribution in [-0.4, -0.2) is 39.2 Å². The monoisotopic (exact) mass is 323 g/mol. The second-order valence-corrected chi connectivity index (χ2v) is 7.88. The van der Waals surface area contributed by atoms with Crippen molar-refractivity contribution in [2.24, 2.45) is 17.3 Å². The van der Waals surface area contributed by atoms with Gasteiger partial charge in [0.2, 0.25) is 0 Å². The molecule has 0 spiro atoms. The molecule has 2 atom stereocenters. The van der Waals surface area contributed by atoms with Gasteiger partial charge in [-0.2, -0.15) is 0 Å². The SMILES string of the molecule is C[NH+](C)CCOC(=O)[C@@H]1CC2=C(C[C@@H]1C(=O)[O-])C(C)(C)CCC2.